The zero-order valence-corrected chi connectivity index (χ0v) is 14.4. The number of alkyl carbamates (subject to hydrolysis) is 1. The lowest BCUT2D eigenvalue weighted by Crippen LogP contribution is -2.34. The van der Waals surface area contributed by atoms with Crippen LogP contribution in [0.5, 0.6) is 5.75 Å². The van der Waals surface area contributed by atoms with Crippen molar-refractivity contribution in [1.82, 2.24) is 5.32 Å². The van der Waals surface area contributed by atoms with Gasteiger partial charge in [0.15, 0.2) is 0 Å². The van der Waals surface area contributed by atoms with E-state index in [2.05, 4.69) is 10.6 Å². The van der Waals surface area contributed by atoms with Gasteiger partial charge in [0.2, 0.25) is 0 Å². The Morgan fingerprint density at radius 1 is 1.22 bits per heavy atom. The van der Waals surface area contributed by atoms with Crippen molar-refractivity contribution in [3.05, 3.63) is 24.3 Å². The fourth-order valence-corrected chi connectivity index (χ4v) is 2.26. The predicted octanol–water partition coefficient (Wildman–Crippen LogP) is 3.80. The standard InChI is InChI=1S/C18H28N2O3/c1-18(2,3)23-17(21)19-11-12-22-16-9-7-15(8-10-16)20-13-14-5-4-6-14/h7-10,14,20H,4-6,11-13H2,1-3H3,(H,19,21). The number of hydrogen-bond donors (Lipinski definition) is 2. The largest absolute Gasteiger partial charge is 0.492 e. The van der Waals surface area contributed by atoms with Crippen molar-refractivity contribution < 1.29 is 14.3 Å². The highest BCUT2D eigenvalue weighted by molar-refractivity contribution is 5.67. The molecule has 1 aliphatic rings. The second kappa shape index (κ2) is 8.09. The average molecular weight is 320 g/mol. The van der Waals surface area contributed by atoms with Crippen molar-refractivity contribution in [2.75, 3.05) is 25.0 Å². The van der Waals surface area contributed by atoms with Crippen LogP contribution >= 0.6 is 0 Å². The molecule has 1 aromatic rings. The Labute approximate surface area is 138 Å². The fourth-order valence-electron chi connectivity index (χ4n) is 2.26. The second-order valence-corrected chi connectivity index (χ2v) is 6.98. The molecule has 1 saturated carbocycles. The first-order valence-electron chi connectivity index (χ1n) is 8.36. The normalized spacial score (nSPS) is 14.7. The van der Waals surface area contributed by atoms with Crippen LogP contribution in [-0.2, 0) is 4.74 Å². The van der Waals surface area contributed by atoms with Crippen LogP contribution in [0, 0.1) is 5.92 Å². The second-order valence-electron chi connectivity index (χ2n) is 6.98. The number of rotatable bonds is 7. The number of carbonyl (C=O) groups is 1. The van der Waals surface area contributed by atoms with E-state index in [9.17, 15) is 4.79 Å². The van der Waals surface area contributed by atoms with E-state index in [0.717, 1.165) is 23.9 Å². The van der Waals surface area contributed by atoms with Crippen LogP contribution in [0.15, 0.2) is 24.3 Å². The average Bonchev–Trinajstić information content (AvgIpc) is 2.41. The number of amides is 1. The van der Waals surface area contributed by atoms with E-state index in [0.29, 0.717) is 13.2 Å². The van der Waals surface area contributed by atoms with Gasteiger partial charge in [0.05, 0.1) is 6.54 Å². The molecule has 5 heteroatoms. The lowest BCUT2D eigenvalue weighted by atomic mass is 9.85. The summed E-state index contributed by atoms with van der Waals surface area (Å²) in [6, 6.07) is 7.93. The summed E-state index contributed by atoms with van der Waals surface area (Å²) in [6.07, 6.45) is 3.64. The first-order chi connectivity index (χ1) is 10.9. The van der Waals surface area contributed by atoms with Gasteiger partial charge in [-0.3, -0.25) is 0 Å². The predicted molar refractivity (Wildman–Crippen MR) is 92.0 cm³/mol. The molecule has 0 radical (unpaired) electrons. The van der Waals surface area contributed by atoms with E-state index in [1.54, 1.807) is 0 Å². The van der Waals surface area contributed by atoms with Gasteiger partial charge < -0.3 is 20.1 Å². The van der Waals surface area contributed by atoms with Gasteiger partial charge in [-0.25, -0.2) is 4.79 Å². The van der Waals surface area contributed by atoms with Gasteiger partial charge >= 0.3 is 6.09 Å². The maximum atomic E-state index is 11.5. The first-order valence-corrected chi connectivity index (χ1v) is 8.36. The highest BCUT2D eigenvalue weighted by atomic mass is 16.6. The summed E-state index contributed by atoms with van der Waals surface area (Å²) in [7, 11) is 0. The molecule has 1 amide bonds. The summed E-state index contributed by atoms with van der Waals surface area (Å²) in [4.78, 5) is 11.5. The molecule has 2 rings (SSSR count). The molecule has 0 unspecified atom stereocenters. The van der Waals surface area contributed by atoms with E-state index >= 15 is 0 Å². The Morgan fingerprint density at radius 2 is 1.91 bits per heavy atom. The first kappa shape index (κ1) is 17.4. The van der Waals surface area contributed by atoms with Crippen LogP contribution in [0.25, 0.3) is 0 Å². The fraction of sp³-hybridized carbons (Fsp3) is 0.611. The number of anilines is 1. The highest BCUT2D eigenvalue weighted by Gasteiger charge is 2.16. The Balaban J connectivity index is 1.61. The molecule has 128 valence electrons. The number of benzene rings is 1. The van der Waals surface area contributed by atoms with Gasteiger partial charge in [0.1, 0.15) is 18.0 Å². The summed E-state index contributed by atoms with van der Waals surface area (Å²) in [5.74, 6) is 1.63. The summed E-state index contributed by atoms with van der Waals surface area (Å²) >= 11 is 0. The van der Waals surface area contributed by atoms with Crippen molar-refractivity contribution in [3.63, 3.8) is 0 Å². The molecule has 1 fully saturated rings. The van der Waals surface area contributed by atoms with Crippen molar-refractivity contribution in [2.24, 2.45) is 5.92 Å². The molecule has 2 N–H and O–H groups in total. The third kappa shape index (κ3) is 6.80. The van der Waals surface area contributed by atoms with E-state index in [1.807, 2.05) is 45.0 Å². The number of nitrogens with one attached hydrogen (secondary N) is 2. The Hall–Kier alpha value is -1.91. The molecule has 5 nitrogen and oxygen atoms in total. The molecule has 0 aromatic heterocycles. The third-order valence-electron chi connectivity index (χ3n) is 3.71. The minimum absolute atomic E-state index is 0.411. The van der Waals surface area contributed by atoms with E-state index in [1.165, 1.54) is 19.3 Å². The Morgan fingerprint density at radius 3 is 2.48 bits per heavy atom. The minimum Gasteiger partial charge on any atom is -0.492 e. The molecule has 0 atom stereocenters. The third-order valence-corrected chi connectivity index (χ3v) is 3.71. The van der Waals surface area contributed by atoms with Crippen LogP contribution in [0.1, 0.15) is 40.0 Å². The molecule has 1 aromatic carbocycles. The molecule has 0 spiro atoms. The quantitative estimate of drug-likeness (QED) is 0.750. The highest BCUT2D eigenvalue weighted by Crippen LogP contribution is 2.26. The number of ether oxygens (including phenoxy) is 2. The van der Waals surface area contributed by atoms with Gasteiger partial charge in [-0.05, 0) is 63.8 Å². The van der Waals surface area contributed by atoms with Gasteiger partial charge in [-0.1, -0.05) is 6.42 Å². The van der Waals surface area contributed by atoms with Crippen LogP contribution in [-0.4, -0.2) is 31.4 Å². The zero-order chi connectivity index (χ0) is 16.7. The van der Waals surface area contributed by atoms with Crippen molar-refractivity contribution in [1.29, 1.82) is 0 Å². The van der Waals surface area contributed by atoms with Gasteiger partial charge in [0.25, 0.3) is 0 Å². The van der Waals surface area contributed by atoms with Crippen molar-refractivity contribution >= 4 is 11.8 Å². The Bertz CT molecular complexity index is 490. The van der Waals surface area contributed by atoms with Crippen molar-refractivity contribution in [3.8, 4) is 5.75 Å². The summed E-state index contributed by atoms with van der Waals surface area (Å²) in [5, 5.41) is 6.12. The van der Waals surface area contributed by atoms with E-state index in [-0.39, 0.29) is 0 Å². The maximum Gasteiger partial charge on any atom is 0.407 e. The maximum absolute atomic E-state index is 11.5. The molecule has 0 aliphatic heterocycles. The summed E-state index contributed by atoms with van der Waals surface area (Å²) in [5.41, 5.74) is 0.643. The molecular formula is C18H28N2O3. The molecule has 0 bridgehead atoms. The Kier molecular flexibility index (Phi) is 6.13. The SMILES string of the molecule is CC(C)(C)OC(=O)NCCOc1ccc(NCC2CCC2)cc1. The van der Waals surface area contributed by atoms with Gasteiger partial charge in [-0.2, -0.15) is 0 Å². The molecular weight excluding hydrogens is 292 g/mol. The molecule has 1 aliphatic carbocycles. The van der Waals surface area contributed by atoms with Crippen LogP contribution < -0.4 is 15.4 Å². The van der Waals surface area contributed by atoms with E-state index in [4.69, 9.17) is 9.47 Å². The van der Waals surface area contributed by atoms with Crippen molar-refractivity contribution in [2.45, 2.75) is 45.6 Å². The van der Waals surface area contributed by atoms with Crippen LogP contribution in [0.2, 0.25) is 0 Å². The molecule has 0 saturated heterocycles. The van der Waals surface area contributed by atoms with Gasteiger partial charge in [0, 0.05) is 12.2 Å². The molecule has 23 heavy (non-hydrogen) atoms. The lowest BCUT2D eigenvalue weighted by molar-refractivity contribution is 0.0520. The molecule has 0 heterocycles. The number of hydrogen-bond acceptors (Lipinski definition) is 4. The van der Waals surface area contributed by atoms with Crippen LogP contribution in [0.3, 0.4) is 0 Å². The topological polar surface area (TPSA) is 59.6 Å². The smallest absolute Gasteiger partial charge is 0.407 e. The van der Waals surface area contributed by atoms with Crippen LogP contribution in [0.4, 0.5) is 10.5 Å². The summed E-state index contributed by atoms with van der Waals surface area (Å²) < 4.78 is 10.8. The monoisotopic (exact) mass is 320 g/mol. The number of carbonyl (C=O) groups excluding carboxylic acids is 1. The minimum atomic E-state index is -0.479. The van der Waals surface area contributed by atoms with E-state index < -0.39 is 11.7 Å². The van der Waals surface area contributed by atoms with Gasteiger partial charge in [-0.15, -0.1) is 0 Å². The zero-order valence-electron chi connectivity index (χ0n) is 14.4. The summed E-state index contributed by atoms with van der Waals surface area (Å²) in [6.45, 7) is 7.39. The lowest BCUT2D eigenvalue weighted by Gasteiger charge is -2.25.